The molecule has 4 rings (SSSR count). The van der Waals surface area contributed by atoms with Crippen molar-refractivity contribution < 1.29 is 33.5 Å². The molecule has 2 aromatic heterocycles. The lowest BCUT2D eigenvalue weighted by Gasteiger charge is -2.36. The second kappa shape index (κ2) is 10.6. The van der Waals surface area contributed by atoms with Crippen LogP contribution in [0.4, 0.5) is 4.39 Å². The molecule has 3 N–H and O–H groups in total. The van der Waals surface area contributed by atoms with E-state index in [2.05, 4.69) is 15.5 Å². The van der Waals surface area contributed by atoms with Crippen molar-refractivity contribution in [1.82, 2.24) is 20.4 Å². The minimum Gasteiger partial charge on any atom is -0.473 e. The zero-order chi connectivity index (χ0) is 23.1. The zero-order valence-electron chi connectivity index (χ0n) is 16.6. The van der Waals surface area contributed by atoms with Gasteiger partial charge in [-0.1, -0.05) is 17.3 Å². The summed E-state index contributed by atoms with van der Waals surface area (Å²) in [6.07, 6.45) is 0. The minimum atomic E-state index is -1.82. The molecule has 0 atom stereocenters. The number of carbonyl (C=O) groups excluding carboxylic acids is 1. The molecule has 0 bridgehead atoms. The first-order valence-electron chi connectivity index (χ1n) is 9.37. The Labute approximate surface area is 185 Å². The Morgan fingerprint density at radius 1 is 1.16 bits per heavy atom. The molecule has 1 saturated heterocycles. The number of amides is 1. The fraction of sp³-hybridized carbons (Fsp3) is 0.250. The van der Waals surface area contributed by atoms with E-state index in [1.54, 1.807) is 23.5 Å². The number of aliphatic carboxylic acids is 2. The SMILES string of the molecule is O=C(CN1CC(c2nc(-c3ccsc3)no2)C1)NCc1ccc(F)cc1.O=C(O)C(=O)O. The van der Waals surface area contributed by atoms with Gasteiger partial charge in [0.1, 0.15) is 5.82 Å². The van der Waals surface area contributed by atoms with Gasteiger partial charge in [0.2, 0.25) is 17.6 Å². The van der Waals surface area contributed by atoms with Crippen LogP contribution in [0.3, 0.4) is 0 Å². The molecule has 32 heavy (non-hydrogen) atoms. The van der Waals surface area contributed by atoms with Crippen LogP contribution in [0, 0.1) is 5.82 Å². The summed E-state index contributed by atoms with van der Waals surface area (Å²) in [6, 6.07) is 8.05. The third kappa shape index (κ3) is 6.43. The molecule has 1 fully saturated rings. The highest BCUT2D eigenvalue weighted by Crippen LogP contribution is 2.27. The van der Waals surface area contributed by atoms with Gasteiger partial charge in [0.25, 0.3) is 0 Å². The Bertz CT molecular complexity index is 1050. The second-order valence-electron chi connectivity index (χ2n) is 6.87. The van der Waals surface area contributed by atoms with Crippen LogP contribution >= 0.6 is 11.3 Å². The van der Waals surface area contributed by atoms with E-state index < -0.39 is 11.9 Å². The van der Waals surface area contributed by atoms with Crippen molar-refractivity contribution in [3.8, 4) is 11.4 Å². The summed E-state index contributed by atoms with van der Waals surface area (Å²) in [6.45, 7) is 2.15. The number of carboxylic acid groups (broad SMARTS) is 2. The van der Waals surface area contributed by atoms with Crippen LogP contribution in [0.2, 0.25) is 0 Å². The fourth-order valence-electron chi connectivity index (χ4n) is 2.83. The maximum atomic E-state index is 12.9. The number of carboxylic acids is 2. The van der Waals surface area contributed by atoms with Crippen LogP contribution < -0.4 is 5.32 Å². The van der Waals surface area contributed by atoms with E-state index in [-0.39, 0.29) is 17.6 Å². The summed E-state index contributed by atoms with van der Waals surface area (Å²) in [7, 11) is 0. The van der Waals surface area contributed by atoms with Crippen molar-refractivity contribution in [3.05, 3.63) is 58.4 Å². The molecule has 0 unspecified atom stereocenters. The van der Waals surface area contributed by atoms with Gasteiger partial charge < -0.3 is 20.1 Å². The van der Waals surface area contributed by atoms with Crippen LogP contribution in [0.5, 0.6) is 0 Å². The Kier molecular flexibility index (Phi) is 7.63. The summed E-state index contributed by atoms with van der Waals surface area (Å²) >= 11 is 1.59. The van der Waals surface area contributed by atoms with E-state index in [9.17, 15) is 9.18 Å². The Balaban J connectivity index is 0.000000427. The summed E-state index contributed by atoms with van der Waals surface area (Å²) < 4.78 is 18.2. The van der Waals surface area contributed by atoms with E-state index in [4.69, 9.17) is 24.3 Å². The number of thiophene rings is 1. The monoisotopic (exact) mass is 462 g/mol. The minimum absolute atomic E-state index is 0.0581. The third-order valence-electron chi connectivity index (χ3n) is 4.48. The van der Waals surface area contributed by atoms with Gasteiger partial charge in [-0.2, -0.15) is 16.3 Å². The molecule has 3 aromatic rings. The molecule has 1 amide bonds. The summed E-state index contributed by atoms with van der Waals surface area (Å²) in [5.41, 5.74) is 1.83. The number of hydrogen-bond donors (Lipinski definition) is 3. The molecule has 0 radical (unpaired) electrons. The molecule has 1 aliphatic rings. The molecule has 0 saturated carbocycles. The van der Waals surface area contributed by atoms with Gasteiger partial charge in [-0.15, -0.1) is 0 Å². The van der Waals surface area contributed by atoms with Crippen molar-refractivity contribution in [3.63, 3.8) is 0 Å². The van der Waals surface area contributed by atoms with E-state index in [0.717, 1.165) is 24.2 Å². The topological polar surface area (TPSA) is 146 Å². The number of benzene rings is 1. The molecule has 168 valence electrons. The molecule has 3 heterocycles. The lowest BCUT2D eigenvalue weighted by Crippen LogP contribution is -2.49. The van der Waals surface area contributed by atoms with Gasteiger partial charge in [0, 0.05) is 30.6 Å². The van der Waals surface area contributed by atoms with Crippen molar-refractivity contribution in [2.75, 3.05) is 19.6 Å². The van der Waals surface area contributed by atoms with Gasteiger partial charge in [-0.05, 0) is 29.1 Å². The largest absolute Gasteiger partial charge is 0.473 e. The standard InChI is InChI=1S/C18H17FN4O2S.C2H2O4/c19-15-3-1-12(2-4-15)7-20-16(24)10-23-8-14(9-23)18-21-17(22-25-18)13-5-6-26-11-13;3-1(4)2(5)6/h1-6,11,14H,7-10H2,(H,20,24);(H,3,4)(H,5,6). The fourth-order valence-corrected chi connectivity index (χ4v) is 3.46. The molecule has 12 heteroatoms. The predicted octanol–water partition coefficient (Wildman–Crippen LogP) is 1.81. The van der Waals surface area contributed by atoms with Crippen LogP contribution in [0.25, 0.3) is 11.4 Å². The second-order valence-corrected chi connectivity index (χ2v) is 7.65. The van der Waals surface area contributed by atoms with Gasteiger partial charge in [-0.25, -0.2) is 14.0 Å². The lowest BCUT2D eigenvalue weighted by atomic mass is 10.0. The molecule has 0 aliphatic carbocycles. The van der Waals surface area contributed by atoms with Crippen LogP contribution in [-0.2, 0) is 20.9 Å². The van der Waals surface area contributed by atoms with Crippen molar-refractivity contribution >= 4 is 29.2 Å². The predicted molar refractivity (Wildman–Crippen MR) is 110 cm³/mol. The first kappa shape index (κ1) is 23.0. The van der Waals surface area contributed by atoms with Crippen molar-refractivity contribution in [1.29, 1.82) is 0 Å². The van der Waals surface area contributed by atoms with E-state index in [1.807, 2.05) is 21.7 Å². The number of nitrogens with one attached hydrogen (secondary N) is 1. The Morgan fingerprint density at radius 2 is 1.84 bits per heavy atom. The summed E-state index contributed by atoms with van der Waals surface area (Å²) in [5, 5.41) is 25.6. The van der Waals surface area contributed by atoms with Crippen molar-refractivity contribution in [2.45, 2.75) is 12.5 Å². The number of rotatable bonds is 6. The van der Waals surface area contributed by atoms with Gasteiger partial charge in [0.15, 0.2) is 0 Å². The Morgan fingerprint density at radius 3 is 2.44 bits per heavy atom. The van der Waals surface area contributed by atoms with Crippen LogP contribution in [-0.4, -0.2) is 62.7 Å². The highest BCUT2D eigenvalue weighted by atomic mass is 32.1. The smallest absolute Gasteiger partial charge is 0.414 e. The summed E-state index contributed by atoms with van der Waals surface area (Å²) in [5.74, 6) is -2.59. The lowest BCUT2D eigenvalue weighted by molar-refractivity contribution is -0.159. The number of nitrogens with zero attached hydrogens (tertiary/aromatic N) is 3. The quantitative estimate of drug-likeness (QED) is 0.467. The van der Waals surface area contributed by atoms with Gasteiger partial charge in [-0.3, -0.25) is 9.69 Å². The summed E-state index contributed by atoms with van der Waals surface area (Å²) in [4.78, 5) is 36.7. The first-order chi connectivity index (χ1) is 15.3. The van der Waals surface area contributed by atoms with Gasteiger partial charge in [0.05, 0.1) is 12.5 Å². The molecule has 0 spiro atoms. The highest BCUT2D eigenvalue weighted by Gasteiger charge is 2.33. The van der Waals surface area contributed by atoms with E-state index >= 15 is 0 Å². The third-order valence-corrected chi connectivity index (χ3v) is 5.16. The van der Waals surface area contributed by atoms with Crippen LogP contribution in [0.15, 0.2) is 45.6 Å². The molecular formula is C20H19FN4O6S. The maximum Gasteiger partial charge on any atom is 0.414 e. The number of halogens is 1. The highest BCUT2D eigenvalue weighted by molar-refractivity contribution is 7.08. The number of aromatic nitrogens is 2. The number of likely N-dealkylation sites (tertiary alicyclic amines) is 1. The number of carbonyl (C=O) groups is 3. The van der Waals surface area contributed by atoms with E-state index in [1.165, 1.54) is 12.1 Å². The van der Waals surface area contributed by atoms with Gasteiger partial charge >= 0.3 is 11.9 Å². The molecular weight excluding hydrogens is 443 g/mol. The average molecular weight is 462 g/mol. The normalized spacial score (nSPS) is 13.5. The molecule has 1 aromatic carbocycles. The molecule has 10 nitrogen and oxygen atoms in total. The molecule has 1 aliphatic heterocycles. The average Bonchev–Trinajstić information content (AvgIpc) is 3.42. The number of hydrogen-bond acceptors (Lipinski definition) is 8. The first-order valence-corrected chi connectivity index (χ1v) is 10.3. The maximum absolute atomic E-state index is 12.9. The Hall–Kier alpha value is -3.64. The van der Waals surface area contributed by atoms with E-state index in [0.29, 0.717) is 24.8 Å². The van der Waals surface area contributed by atoms with Crippen LogP contribution in [0.1, 0.15) is 17.4 Å². The van der Waals surface area contributed by atoms with Crippen molar-refractivity contribution in [2.24, 2.45) is 0 Å². The zero-order valence-corrected chi connectivity index (χ0v) is 17.4.